The minimum Gasteiger partial charge on any atom is -0.393 e. The summed E-state index contributed by atoms with van der Waals surface area (Å²) in [7, 11) is 0. The van der Waals surface area contributed by atoms with E-state index < -0.39 is 16.6 Å². The lowest BCUT2D eigenvalue weighted by Gasteiger charge is -2.10. The number of benzene rings is 2. The summed E-state index contributed by atoms with van der Waals surface area (Å²) in [6.45, 7) is 1.63. The molecular weight excluding hydrogens is 277 g/mol. The van der Waals surface area contributed by atoms with Crippen LogP contribution in [0.4, 0.5) is 21.5 Å². The van der Waals surface area contributed by atoms with Gasteiger partial charge in [0.2, 0.25) is 0 Å². The number of nitro benzene ring substituents is 1. The zero-order valence-corrected chi connectivity index (χ0v) is 11.1. The minimum atomic E-state index is -0.704. The predicted octanol–water partition coefficient (Wildman–Crippen LogP) is 2.88. The van der Waals surface area contributed by atoms with E-state index in [1.807, 2.05) is 0 Å². The molecule has 108 valence electrons. The summed E-state index contributed by atoms with van der Waals surface area (Å²) < 4.78 is 13.7. The van der Waals surface area contributed by atoms with E-state index in [1.165, 1.54) is 30.3 Å². The Kier molecular flexibility index (Phi) is 3.84. The topological polar surface area (TPSA) is 98.3 Å². The smallest absolute Gasteiger partial charge is 0.292 e. The first-order valence-electron chi connectivity index (χ1n) is 6.01. The molecule has 0 aliphatic carbocycles. The first kappa shape index (κ1) is 14.4. The summed E-state index contributed by atoms with van der Waals surface area (Å²) in [6, 6.07) is 8.24. The highest BCUT2D eigenvalue weighted by atomic mass is 19.1. The number of amides is 1. The molecule has 7 heteroatoms. The maximum absolute atomic E-state index is 13.7. The number of nitrogens with zero attached hydrogens (tertiary/aromatic N) is 1. The summed E-state index contributed by atoms with van der Waals surface area (Å²) in [5.41, 5.74) is 5.47. The van der Waals surface area contributed by atoms with Crippen LogP contribution in [0, 0.1) is 22.9 Å². The fourth-order valence-corrected chi connectivity index (χ4v) is 1.88. The number of rotatable bonds is 3. The molecule has 0 saturated heterocycles. The number of carbonyl (C=O) groups excluding carboxylic acids is 1. The van der Waals surface area contributed by atoms with Gasteiger partial charge < -0.3 is 11.1 Å². The molecule has 0 atom stereocenters. The van der Waals surface area contributed by atoms with E-state index in [4.69, 9.17) is 5.73 Å². The number of nitro groups is 1. The third kappa shape index (κ3) is 2.81. The molecule has 0 saturated carbocycles. The molecule has 0 radical (unpaired) electrons. The van der Waals surface area contributed by atoms with E-state index in [-0.39, 0.29) is 22.6 Å². The predicted molar refractivity (Wildman–Crippen MR) is 76.6 cm³/mol. The number of para-hydroxylation sites is 2. The molecule has 0 fully saturated rings. The molecule has 3 N–H and O–H groups in total. The van der Waals surface area contributed by atoms with Crippen molar-refractivity contribution < 1.29 is 14.1 Å². The van der Waals surface area contributed by atoms with Crippen LogP contribution in [0.1, 0.15) is 15.9 Å². The average Bonchev–Trinajstić information content (AvgIpc) is 2.42. The van der Waals surface area contributed by atoms with Crippen molar-refractivity contribution in [1.29, 1.82) is 0 Å². The number of nitrogens with one attached hydrogen (secondary N) is 1. The standard InChI is InChI=1S/C14H12FN3O3/c1-8-4-2-6-10(15)13(8)17-14(19)9-5-3-7-11(12(9)16)18(20)21/h2-7H,16H2,1H3,(H,17,19). The largest absolute Gasteiger partial charge is 0.393 e. The molecule has 6 nitrogen and oxygen atoms in total. The first-order valence-corrected chi connectivity index (χ1v) is 6.01. The molecule has 0 bridgehead atoms. The van der Waals surface area contributed by atoms with Crippen LogP contribution in [0.15, 0.2) is 36.4 Å². The van der Waals surface area contributed by atoms with Crippen molar-refractivity contribution >= 4 is 23.0 Å². The van der Waals surface area contributed by atoms with Gasteiger partial charge in [-0.3, -0.25) is 14.9 Å². The monoisotopic (exact) mass is 289 g/mol. The van der Waals surface area contributed by atoms with Crippen molar-refractivity contribution in [2.75, 3.05) is 11.1 Å². The summed E-state index contributed by atoms with van der Waals surface area (Å²) in [6.07, 6.45) is 0. The van der Waals surface area contributed by atoms with Crippen LogP contribution in [0.2, 0.25) is 0 Å². The number of hydrogen-bond donors (Lipinski definition) is 2. The summed E-state index contributed by atoms with van der Waals surface area (Å²) in [5.74, 6) is -1.29. The molecule has 21 heavy (non-hydrogen) atoms. The van der Waals surface area contributed by atoms with Gasteiger partial charge >= 0.3 is 0 Å². The highest BCUT2D eigenvalue weighted by Gasteiger charge is 2.20. The lowest BCUT2D eigenvalue weighted by molar-refractivity contribution is -0.383. The Bertz CT molecular complexity index is 711. The Morgan fingerprint density at radius 3 is 2.57 bits per heavy atom. The van der Waals surface area contributed by atoms with Crippen molar-refractivity contribution in [2.45, 2.75) is 6.92 Å². The van der Waals surface area contributed by atoms with Gasteiger partial charge in [0.25, 0.3) is 11.6 Å². The molecule has 0 aliphatic rings. The second-order valence-corrected chi connectivity index (χ2v) is 4.38. The maximum Gasteiger partial charge on any atom is 0.292 e. The lowest BCUT2D eigenvalue weighted by Crippen LogP contribution is -2.16. The van der Waals surface area contributed by atoms with Gasteiger partial charge in [-0.2, -0.15) is 0 Å². The van der Waals surface area contributed by atoms with Gasteiger partial charge in [0.15, 0.2) is 0 Å². The third-order valence-corrected chi connectivity index (χ3v) is 2.98. The maximum atomic E-state index is 13.7. The Labute approximate surface area is 119 Å². The second-order valence-electron chi connectivity index (χ2n) is 4.38. The lowest BCUT2D eigenvalue weighted by atomic mass is 10.1. The summed E-state index contributed by atoms with van der Waals surface area (Å²) >= 11 is 0. The third-order valence-electron chi connectivity index (χ3n) is 2.98. The zero-order chi connectivity index (χ0) is 15.6. The number of anilines is 2. The molecule has 2 aromatic rings. The van der Waals surface area contributed by atoms with E-state index in [0.717, 1.165) is 0 Å². The molecule has 0 aromatic heterocycles. The van der Waals surface area contributed by atoms with Gasteiger partial charge in [0.05, 0.1) is 16.2 Å². The number of nitrogen functional groups attached to an aromatic ring is 1. The summed E-state index contributed by atoms with van der Waals surface area (Å²) in [5, 5.41) is 13.2. The van der Waals surface area contributed by atoms with E-state index >= 15 is 0 Å². The van der Waals surface area contributed by atoms with Crippen LogP contribution >= 0.6 is 0 Å². The number of halogens is 1. The summed E-state index contributed by atoms with van der Waals surface area (Å²) in [4.78, 5) is 22.3. The van der Waals surface area contributed by atoms with Crippen LogP contribution < -0.4 is 11.1 Å². The minimum absolute atomic E-state index is 0.0217. The van der Waals surface area contributed by atoms with Gasteiger partial charge in [0, 0.05) is 6.07 Å². The number of hydrogen-bond acceptors (Lipinski definition) is 4. The molecule has 1 amide bonds. The fraction of sp³-hybridized carbons (Fsp3) is 0.0714. The normalized spacial score (nSPS) is 10.2. The highest BCUT2D eigenvalue weighted by Crippen LogP contribution is 2.26. The quantitative estimate of drug-likeness (QED) is 0.515. The molecule has 0 aliphatic heterocycles. The Morgan fingerprint density at radius 1 is 1.29 bits per heavy atom. The van der Waals surface area contributed by atoms with Crippen LogP contribution in [-0.2, 0) is 0 Å². The van der Waals surface area contributed by atoms with Crippen molar-refractivity contribution in [3.8, 4) is 0 Å². The molecule has 2 rings (SSSR count). The van der Waals surface area contributed by atoms with E-state index in [0.29, 0.717) is 5.56 Å². The van der Waals surface area contributed by atoms with E-state index in [9.17, 15) is 19.3 Å². The van der Waals surface area contributed by atoms with Gasteiger partial charge in [-0.1, -0.05) is 18.2 Å². The van der Waals surface area contributed by atoms with Gasteiger partial charge in [0.1, 0.15) is 11.5 Å². The van der Waals surface area contributed by atoms with Gasteiger partial charge in [-0.25, -0.2) is 4.39 Å². The number of nitrogens with two attached hydrogens (primary N) is 1. The van der Waals surface area contributed by atoms with Crippen LogP contribution in [0.5, 0.6) is 0 Å². The Balaban J connectivity index is 2.38. The average molecular weight is 289 g/mol. The van der Waals surface area contributed by atoms with Crippen molar-refractivity contribution in [3.63, 3.8) is 0 Å². The van der Waals surface area contributed by atoms with Crippen molar-refractivity contribution in [2.24, 2.45) is 0 Å². The Hall–Kier alpha value is -2.96. The molecule has 0 heterocycles. The van der Waals surface area contributed by atoms with E-state index in [2.05, 4.69) is 5.32 Å². The van der Waals surface area contributed by atoms with Gasteiger partial charge in [-0.15, -0.1) is 0 Å². The highest BCUT2D eigenvalue weighted by molar-refractivity contribution is 6.09. The number of carbonyl (C=O) groups is 1. The van der Waals surface area contributed by atoms with Crippen molar-refractivity contribution in [3.05, 3.63) is 63.5 Å². The van der Waals surface area contributed by atoms with E-state index in [1.54, 1.807) is 13.0 Å². The molecule has 0 unspecified atom stereocenters. The van der Waals surface area contributed by atoms with Crippen molar-refractivity contribution in [1.82, 2.24) is 0 Å². The molecule has 2 aromatic carbocycles. The molecular formula is C14H12FN3O3. The Morgan fingerprint density at radius 2 is 1.95 bits per heavy atom. The first-order chi connectivity index (χ1) is 9.91. The van der Waals surface area contributed by atoms with Crippen LogP contribution in [0.25, 0.3) is 0 Å². The zero-order valence-electron chi connectivity index (χ0n) is 11.1. The SMILES string of the molecule is Cc1cccc(F)c1NC(=O)c1cccc([N+](=O)[O-])c1N. The second kappa shape index (κ2) is 5.58. The number of aryl methyl sites for hydroxylation is 1. The van der Waals surface area contributed by atoms with Gasteiger partial charge in [-0.05, 0) is 24.6 Å². The molecule has 0 spiro atoms. The fourth-order valence-electron chi connectivity index (χ4n) is 1.88. The van der Waals surface area contributed by atoms with Crippen LogP contribution in [-0.4, -0.2) is 10.8 Å². The van der Waals surface area contributed by atoms with Crippen LogP contribution in [0.3, 0.4) is 0 Å².